The van der Waals surface area contributed by atoms with Crippen molar-refractivity contribution in [2.75, 3.05) is 6.54 Å². The maximum atomic E-state index is 6.26. The Morgan fingerprint density at radius 1 is 1.20 bits per heavy atom. The molecule has 0 amide bonds. The second-order valence-corrected chi connectivity index (χ2v) is 7.63. The van der Waals surface area contributed by atoms with E-state index >= 15 is 0 Å². The van der Waals surface area contributed by atoms with E-state index in [0.717, 1.165) is 13.1 Å². The topological polar surface area (TPSA) is 21.3 Å². The summed E-state index contributed by atoms with van der Waals surface area (Å²) in [6.45, 7) is 11.1. The normalized spacial score (nSPS) is 31.0. The van der Waals surface area contributed by atoms with E-state index in [1.54, 1.807) is 5.56 Å². The molecule has 2 aliphatic heterocycles. The van der Waals surface area contributed by atoms with Crippen molar-refractivity contribution in [2.24, 2.45) is 5.92 Å². The average molecular weight is 273 g/mol. The van der Waals surface area contributed by atoms with Gasteiger partial charge in [0, 0.05) is 13.1 Å². The summed E-state index contributed by atoms with van der Waals surface area (Å²) in [5, 5.41) is 3.57. The zero-order valence-electron chi connectivity index (χ0n) is 13.2. The fourth-order valence-corrected chi connectivity index (χ4v) is 4.18. The Balaban J connectivity index is 1.79. The Bertz CT molecular complexity index is 492. The van der Waals surface area contributed by atoms with Gasteiger partial charge < -0.3 is 10.1 Å². The number of nitrogens with one attached hydrogen (secondary N) is 1. The average Bonchev–Trinajstić information content (AvgIpc) is 2.57. The van der Waals surface area contributed by atoms with Gasteiger partial charge in [-0.25, -0.2) is 0 Å². The molecular formula is C18H27NO. The molecule has 1 aromatic rings. The molecule has 2 heterocycles. The number of benzene rings is 1. The molecule has 1 saturated heterocycles. The van der Waals surface area contributed by atoms with Gasteiger partial charge >= 0.3 is 0 Å². The quantitative estimate of drug-likeness (QED) is 0.883. The highest BCUT2D eigenvalue weighted by molar-refractivity contribution is 5.32. The minimum Gasteiger partial charge on any atom is -0.369 e. The molecule has 1 N–H and O–H groups in total. The molecule has 0 radical (unpaired) electrons. The zero-order chi connectivity index (χ0) is 14.4. The Morgan fingerprint density at radius 3 is 2.65 bits per heavy atom. The monoisotopic (exact) mass is 273 g/mol. The van der Waals surface area contributed by atoms with E-state index < -0.39 is 0 Å². The summed E-state index contributed by atoms with van der Waals surface area (Å²) in [5.41, 5.74) is 3.04. The van der Waals surface area contributed by atoms with E-state index in [-0.39, 0.29) is 11.2 Å². The summed E-state index contributed by atoms with van der Waals surface area (Å²) in [6, 6.07) is 8.90. The first-order chi connectivity index (χ1) is 9.37. The third kappa shape index (κ3) is 2.64. The van der Waals surface area contributed by atoms with Gasteiger partial charge in [-0.1, -0.05) is 24.3 Å². The van der Waals surface area contributed by atoms with Gasteiger partial charge in [-0.3, -0.25) is 0 Å². The van der Waals surface area contributed by atoms with Crippen LogP contribution in [0.3, 0.4) is 0 Å². The molecule has 3 rings (SSSR count). The minimum absolute atomic E-state index is 0.00408. The van der Waals surface area contributed by atoms with E-state index in [9.17, 15) is 0 Å². The zero-order valence-corrected chi connectivity index (χ0v) is 13.2. The summed E-state index contributed by atoms with van der Waals surface area (Å²) in [6.07, 6.45) is 2.39. The molecule has 2 atom stereocenters. The molecule has 2 aliphatic rings. The summed E-state index contributed by atoms with van der Waals surface area (Å²) < 4.78 is 6.26. The van der Waals surface area contributed by atoms with Crippen LogP contribution in [0.4, 0.5) is 0 Å². The molecule has 0 aliphatic carbocycles. The summed E-state index contributed by atoms with van der Waals surface area (Å²) in [5.74, 6) is 1.26. The lowest BCUT2D eigenvalue weighted by molar-refractivity contribution is -0.0757. The van der Waals surface area contributed by atoms with Crippen molar-refractivity contribution >= 4 is 0 Å². The van der Waals surface area contributed by atoms with Crippen molar-refractivity contribution in [3.05, 3.63) is 35.4 Å². The molecule has 0 bridgehead atoms. The Kier molecular flexibility index (Phi) is 3.42. The molecule has 1 fully saturated rings. The van der Waals surface area contributed by atoms with Crippen LogP contribution < -0.4 is 5.32 Å². The number of hydrogen-bond donors (Lipinski definition) is 1. The third-order valence-corrected chi connectivity index (χ3v) is 5.03. The van der Waals surface area contributed by atoms with Gasteiger partial charge in [0.05, 0.1) is 11.2 Å². The number of fused-ring (bicyclic) bond motifs is 1. The summed E-state index contributed by atoms with van der Waals surface area (Å²) in [4.78, 5) is 0. The maximum Gasteiger partial charge on any atom is 0.0663 e. The van der Waals surface area contributed by atoms with Crippen molar-refractivity contribution in [3.8, 4) is 0 Å². The van der Waals surface area contributed by atoms with E-state index in [2.05, 4.69) is 57.3 Å². The van der Waals surface area contributed by atoms with Crippen LogP contribution in [-0.4, -0.2) is 17.7 Å². The molecule has 20 heavy (non-hydrogen) atoms. The van der Waals surface area contributed by atoms with Crippen LogP contribution in [0, 0.1) is 5.92 Å². The molecule has 2 heteroatoms. The maximum absolute atomic E-state index is 6.26. The molecule has 2 unspecified atom stereocenters. The molecule has 2 nitrogen and oxygen atoms in total. The second-order valence-electron chi connectivity index (χ2n) is 7.63. The number of hydrogen-bond acceptors (Lipinski definition) is 2. The van der Waals surface area contributed by atoms with Crippen molar-refractivity contribution < 1.29 is 4.74 Å². The fraction of sp³-hybridized carbons (Fsp3) is 0.667. The van der Waals surface area contributed by atoms with Crippen LogP contribution >= 0.6 is 0 Å². The molecule has 0 spiro atoms. The first-order valence-corrected chi connectivity index (χ1v) is 7.86. The van der Waals surface area contributed by atoms with Crippen LogP contribution in [0.25, 0.3) is 0 Å². The summed E-state index contributed by atoms with van der Waals surface area (Å²) in [7, 11) is 0. The first-order valence-electron chi connectivity index (χ1n) is 7.86. The lowest BCUT2D eigenvalue weighted by Gasteiger charge is -2.33. The minimum atomic E-state index is -0.00408. The van der Waals surface area contributed by atoms with Gasteiger partial charge in [0.15, 0.2) is 0 Å². The second kappa shape index (κ2) is 4.85. The SMILES string of the molecule is CC1(C)CC(CC2CNCc3ccccc32)C(C)(C)O1. The van der Waals surface area contributed by atoms with Crippen LogP contribution in [-0.2, 0) is 11.3 Å². The van der Waals surface area contributed by atoms with Gasteiger partial charge in [0.2, 0.25) is 0 Å². The number of ether oxygens (including phenoxy) is 1. The highest BCUT2D eigenvalue weighted by Gasteiger charge is 2.46. The van der Waals surface area contributed by atoms with Gasteiger partial charge in [0.1, 0.15) is 0 Å². The van der Waals surface area contributed by atoms with Crippen LogP contribution in [0.1, 0.15) is 57.6 Å². The van der Waals surface area contributed by atoms with E-state index in [1.807, 2.05) is 0 Å². The van der Waals surface area contributed by atoms with Gasteiger partial charge in [-0.05, 0) is 63.5 Å². The Labute approximate surface area is 122 Å². The van der Waals surface area contributed by atoms with Crippen molar-refractivity contribution in [1.82, 2.24) is 5.32 Å². The van der Waals surface area contributed by atoms with Crippen LogP contribution in [0.5, 0.6) is 0 Å². The predicted molar refractivity (Wildman–Crippen MR) is 82.9 cm³/mol. The lowest BCUT2D eigenvalue weighted by atomic mass is 9.77. The lowest BCUT2D eigenvalue weighted by Crippen LogP contribution is -2.34. The van der Waals surface area contributed by atoms with E-state index in [1.165, 1.54) is 18.4 Å². The van der Waals surface area contributed by atoms with E-state index in [0.29, 0.717) is 11.8 Å². The van der Waals surface area contributed by atoms with Crippen LogP contribution in [0.2, 0.25) is 0 Å². The molecule has 1 aromatic carbocycles. The van der Waals surface area contributed by atoms with Crippen molar-refractivity contribution in [2.45, 2.75) is 64.2 Å². The molecule has 0 saturated carbocycles. The van der Waals surface area contributed by atoms with Gasteiger partial charge in [0.25, 0.3) is 0 Å². The van der Waals surface area contributed by atoms with Crippen molar-refractivity contribution in [1.29, 1.82) is 0 Å². The third-order valence-electron chi connectivity index (χ3n) is 5.03. The molecule has 0 aromatic heterocycles. The first kappa shape index (κ1) is 14.1. The standard InChI is InChI=1S/C18H27NO/c1-17(2)10-15(18(3,4)20-17)9-14-12-19-11-13-7-5-6-8-16(13)14/h5-8,14-15,19H,9-12H2,1-4H3. The summed E-state index contributed by atoms with van der Waals surface area (Å²) >= 11 is 0. The van der Waals surface area contributed by atoms with Crippen molar-refractivity contribution in [3.63, 3.8) is 0 Å². The smallest absolute Gasteiger partial charge is 0.0663 e. The highest BCUT2D eigenvalue weighted by Crippen LogP contribution is 2.46. The van der Waals surface area contributed by atoms with Gasteiger partial charge in [-0.15, -0.1) is 0 Å². The fourth-order valence-electron chi connectivity index (χ4n) is 4.18. The van der Waals surface area contributed by atoms with Crippen LogP contribution in [0.15, 0.2) is 24.3 Å². The van der Waals surface area contributed by atoms with Gasteiger partial charge in [-0.2, -0.15) is 0 Å². The predicted octanol–water partition coefficient (Wildman–Crippen LogP) is 3.86. The Morgan fingerprint density at radius 2 is 1.95 bits per heavy atom. The van der Waals surface area contributed by atoms with E-state index in [4.69, 9.17) is 4.74 Å². The Hall–Kier alpha value is -0.860. The molecular weight excluding hydrogens is 246 g/mol. The largest absolute Gasteiger partial charge is 0.369 e. The highest BCUT2D eigenvalue weighted by atomic mass is 16.5. The number of rotatable bonds is 2. The molecule has 110 valence electrons.